The first-order chi connectivity index (χ1) is 15.6. The van der Waals surface area contributed by atoms with E-state index in [0.717, 1.165) is 5.56 Å². The van der Waals surface area contributed by atoms with Crippen LogP contribution in [0.3, 0.4) is 0 Å². The monoisotopic (exact) mass is 463 g/mol. The minimum atomic E-state index is -4.66. The number of carbonyl (C=O) groups is 1. The highest BCUT2D eigenvalue weighted by Gasteiger charge is 2.38. The molecule has 1 aromatic heterocycles. The summed E-state index contributed by atoms with van der Waals surface area (Å²) in [4.78, 5) is 12.2. The third-order valence-electron chi connectivity index (χ3n) is 5.54. The molecule has 5 nitrogen and oxygen atoms in total. The van der Waals surface area contributed by atoms with Gasteiger partial charge >= 0.3 is 12.1 Å². The average Bonchev–Trinajstić information content (AvgIpc) is 3.17. The maximum Gasteiger partial charge on any atom is 0.437 e. The van der Waals surface area contributed by atoms with E-state index in [-0.39, 0.29) is 22.6 Å². The molecule has 0 bridgehead atoms. The third kappa shape index (κ3) is 5.15. The van der Waals surface area contributed by atoms with Gasteiger partial charge in [-0.3, -0.25) is 0 Å². The van der Waals surface area contributed by atoms with Crippen LogP contribution >= 0.6 is 0 Å². The number of fused-ring (bicyclic) bond motifs is 1. The van der Waals surface area contributed by atoms with Gasteiger partial charge in [-0.15, -0.1) is 0 Å². The first-order valence-electron chi connectivity index (χ1n) is 11.1. The number of ether oxygens (including phenoxy) is 1. The second-order valence-corrected chi connectivity index (χ2v) is 8.41. The topological polar surface area (TPSA) is 72.6 Å². The molecule has 1 unspecified atom stereocenters. The zero-order chi connectivity index (χ0) is 24.3. The second kappa shape index (κ2) is 9.85. The number of aliphatic carboxylic acids is 1. The molecular formula is C25H28F3NO4. The lowest BCUT2D eigenvalue weighted by atomic mass is 9.97. The fraction of sp³-hybridized carbons (Fsp3) is 0.440. The highest BCUT2D eigenvalue weighted by molar-refractivity contribution is 5.87. The molecule has 0 radical (unpaired) electrons. The van der Waals surface area contributed by atoms with Gasteiger partial charge in [0.1, 0.15) is 5.75 Å². The molecule has 0 amide bonds. The average molecular weight is 463 g/mol. The van der Waals surface area contributed by atoms with E-state index in [9.17, 15) is 23.1 Å². The molecule has 8 heteroatoms. The summed E-state index contributed by atoms with van der Waals surface area (Å²) >= 11 is 0. The van der Waals surface area contributed by atoms with Gasteiger partial charge in [0.2, 0.25) is 6.10 Å². The molecule has 33 heavy (non-hydrogen) atoms. The number of benzene rings is 2. The Morgan fingerprint density at radius 2 is 1.70 bits per heavy atom. The van der Waals surface area contributed by atoms with Gasteiger partial charge in [-0.25, -0.2) is 4.79 Å². The van der Waals surface area contributed by atoms with Gasteiger partial charge in [0.25, 0.3) is 0 Å². The lowest BCUT2D eigenvalue weighted by molar-refractivity contribution is -0.145. The smallest absolute Gasteiger partial charge is 0.437 e. The van der Waals surface area contributed by atoms with Gasteiger partial charge in [-0.2, -0.15) is 13.2 Å². The van der Waals surface area contributed by atoms with E-state index in [4.69, 9.17) is 9.26 Å². The fourth-order valence-corrected chi connectivity index (χ4v) is 3.90. The Balaban J connectivity index is 2.17. The van der Waals surface area contributed by atoms with Crippen LogP contribution in [0.4, 0.5) is 13.2 Å². The molecule has 0 fully saturated rings. The molecule has 0 aliphatic rings. The maximum atomic E-state index is 13.5. The summed E-state index contributed by atoms with van der Waals surface area (Å²) in [5.74, 6) is -0.644. The Bertz CT molecular complexity index is 1120. The second-order valence-electron chi connectivity index (χ2n) is 8.41. The number of aryl methyl sites for hydroxylation is 2. The minimum absolute atomic E-state index is 0.0154. The Labute approximate surface area is 190 Å². The lowest BCUT2D eigenvalue weighted by Crippen LogP contribution is -2.20. The summed E-state index contributed by atoms with van der Waals surface area (Å²) in [5.41, 5.74) is 1.32. The van der Waals surface area contributed by atoms with E-state index in [2.05, 4.69) is 5.16 Å². The third-order valence-corrected chi connectivity index (χ3v) is 5.54. The Kier molecular flexibility index (Phi) is 7.34. The zero-order valence-corrected chi connectivity index (χ0v) is 19.1. The normalized spacial score (nSPS) is 13.0. The van der Waals surface area contributed by atoms with Gasteiger partial charge < -0.3 is 14.4 Å². The van der Waals surface area contributed by atoms with E-state index in [0.29, 0.717) is 42.4 Å². The Morgan fingerprint density at radius 3 is 2.21 bits per heavy atom. The molecule has 2 aromatic carbocycles. The van der Waals surface area contributed by atoms with E-state index in [1.165, 1.54) is 6.07 Å². The van der Waals surface area contributed by atoms with E-state index < -0.39 is 23.9 Å². The fourth-order valence-electron chi connectivity index (χ4n) is 3.90. The number of hydrogen-bond donors (Lipinski definition) is 1. The number of rotatable bonds is 9. The summed E-state index contributed by atoms with van der Waals surface area (Å²) in [6.07, 6.45) is -3.97. The highest BCUT2D eigenvalue weighted by atomic mass is 19.4. The van der Waals surface area contributed by atoms with Gasteiger partial charge in [0.05, 0.1) is 5.39 Å². The number of halogens is 3. The summed E-state index contributed by atoms with van der Waals surface area (Å²) in [6, 6.07) is 8.50. The van der Waals surface area contributed by atoms with Gasteiger partial charge in [0, 0.05) is 11.1 Å². The molecule has 0 aliphatic carbocycles. The van der Waals surface area contributed by atoms with E-state index >= 15 is 0 Å². The number of alkyl halides is 3. The summed E-state index contributed by atoms with van der Waals surface area (Å²) in [6.45, 7) is 7.85. The van der Waals surface area contributed by atoms with Crippen molar-refractivity contribution in [2.45, 2.75) is 71.6 Å². The van der Waals surface area contributed by atoms with Crippen molar-refractivity contribution in [1.82, 2.24) is 5.16 Å². The van der Waals surface area contributed by atoms with Crippen molar-refractivity contribution in [3.8, 4) is 5.75 Å². The maximum absolute atomic E-state index is 13.5. The minimum Gasteiger partial charge on any atom is -0.478 e. The molecule has 1 atom stereocenters. The number of carboxylic acid groups (broad SMARTS) is 1. The predicted octanol–water partition coefficient (Wildman–Crippen LogP) is 7.08. The molecule has 0 aliphatic heterocycles. The number of nitrogens with zero attached hydrogens (tertiary/aromatic N) is 1. The first kappa shape index (κ1) is 24.6. The van der Waals surface area contributed by atoms with Crippen molar-refractivity contribution in [3.05, 3.63) is 58.3 Å². The molecule has 3 rings (SSSR count). The molecule has 0 saturated carbocycles. The molecule has 178 valence electrons. The molecular weight excluding hydrogens is 435 g/mol. The number of hydrogen-bond acceptors (Lipinski definition) is 4. The van der Waals surface area contributed by atoms with Crippen LogP contribution in [0.5, 0.6) is 5.75 Å². The van der Waals surface area contributed by atoms with Crippen LogP contribution in [0.2, 0.25) is 0 Å². The van der Waals surface area contributed by atoms with Crippen molar-refractivity contribution in [2.75, 3.05) is 0 Å². The van der Waals surface area contributed by atoms with Gasteiger partial charge in [-0.1, -0.05) is 70.0 Å². The summed E-state index contributed by atoms with van der Waals surface area (Å²) in [7, 11) is 0. The van der Waals surface area contributed by atoms with Crippen LogP contribution in [0, 0.1) is 0 Å². The number of carboxylic acids is 1. The van der Waals surface area contributed by atoms with Crippen LogP contribution in [0.25, 0.3) is 11.0 Å². The van der Waals surface area contributed by atoms with E-state index in [1.54, 1.807) is 12.1 Å². The van der Waals surface area contributed by atoms with Crippen molar-refractivity contribution in [3.63, 3.8) is 0 Å². The highest BCUT2D eigenvalue weighted by Crippen LogP contribution is 2.42. The zero-order valence-electron chi connectivity index (χ0n) is 19.1. The SMILES string of the molecule is CCCc1cc2c(C(F)(F)F)noc2c(CCC)c1OC(C(=O)O)c1ccc(C(C)C)cc1. The van der Waals surface area contributed by atoms with Crippen LogP contribution in [-0.2, 0) is 23.8 Å². The largest absolute Gasteiger partial charge is 0.478 e. The summed E-state index contributed by atoms with van der Waals surface area (Å²) in [5, 5.41) is 13.1. The van der Waals surface area contributed by atoms with Crippen LogP contribution in [0.1, 0.15) is 80.5 Å². The van der Waals surface area contributed by atoms with Crippen LogP contribution in [-0.4, -0.2) is 16.2 Å². The molecule has 1 N–H and O–H groups in total. The standard InChI is InChI=1S/C25H28F3NO4/c1-5-7-17-13-19-22(33-29-23(19)25(26,27)28)18(8-6-2)20(17)32-21(24(30)31)16-11-9-15(10-12-16)14(3)4/h9-14,21H,5-8H2,1-4H3,(H,30,31). The Hall–Kier alpha value is -3.03. The number of aromatic nitrogens is 1. The van der Waals surface area contributed by atoms with Crippen LogP contribution < -0.4 is 4.74 Å². The van der Waals surface area contributed by atoms with E-state index in [1.807, 2.05) is 39.8 Å². The van der Waals surface area contributed by atoms with Crippen LogP contribution in [0.15, 0.2) is 34.9 Å². The first-order valence-corrected chi connectivity index (χ1v) is 11.1. The van der Waals surface area contributed by atoms with Crippen molar-refractivity contribution in [1.29, 1.82) is 0 Å². The predicted molar refractivity (Wildman–Crippen MR) is 119 cm³/mol. The van der Waals surface area contributed by atoms with Crippen molar-refractivity contribution >= 4 is 16.9 Å². The summed E-state index contributed by atoms with van der Waals surface area (Å²) < 4.78 is 51.6. The molecule has 0 saturated heterocycles. The molecule has 0 spiro atoms. The Morgan fingerprint density at radius 1 is 1.09 bits per heavy atom. The van der Waals surface area contributed by atoms with Crippen molar-refractivity contribution < 1.29 is 32.3 Å². The van der Waals surface area contributed by atoms with Gasteiger partial charge in [0.15, 0.2) is 11.3 Å². The van der Waals surface area contributed by atoms with Crippen molar-refractivity contribution in [2.24, 2.45) is 0 Å². The lowest BCUT2D eigenvalue weighted by Gasteiger charge is -2.21. The quantitative estimate of drug-likeness (QED) is 0.367. The van der Waals surface area contributed by atoms with Gasteiger partial charge in [-0.05, 0) is 36.0 Å². The molecule has 3 aromatic rings. The molecule has 1 heterocycles.